The number of aromatic nitrogens is 2. The molecule has 1 N–H and O–H groups in total. The Morgan fingerprint density at radius 2 is 2.21 bits per heavy atom. The highest BCUT2D eigenvalue weighted by Gasteiger charge is 2.14. The summed E-state index contributed by atoms with van der Waals surface area (Å²) < 4.78 is 7.56. The number of methoxy groups -OCH3 is 1. The van der Waals surface area contributed by atoms with E-state index in [0.29, 0.717) is 28.5 Å². The number of carbonyl (C=O) groups excluding carboxylic acids is 1. The predicted molar refractivity (Wildman–Crippen MR) is 114 cm³/mol. The summed E-state index contributed by atoms with van der Waals surface area (Å²) in [4.78, 5) is 29.6. The third kappa shape index (κ3) is 4.94. The zero-order chi connectivity index (χ0) is 19.9. The maximum atomic E-state index is 12.7. The molecule has 2 heterocycles. The molecule has 148 valence electrons. The number of fused-ring (bicyclic) bond motifs is 1. The van der Waals surface area contributed by atoms with E-state index in [0.717, 1.165) is 24.2 Å². The van der Waals surface area contributed by atoms with Crippen LogP contribution >= 0.6 is 23.1 Å². The normalized spacial score (nSPS) is 10.9. The first-order valence-corrected chi connectivity index (χ1v) is 11.0. The van der Waals surface area contributed by atoms with Gasteiger partial charge in [-0.1, -0.05) is 37.2 Å². The van der Waals surface area contributed by atoms with Gasteiger partial charge in [-0.25, -0.2) is 4.98 Å². The first kappa shape index (κ1) is 20.4. The van der Waals surface area contributed by atoms with Crippen LogP contribution in [0.4, 0.5) is 0 Å². The summed E-state index contributed by atoms with van der Waals surface area (Å²) in [6, 6.07) is 9.43. The van der Waals surface area contributed by atoms with E-state index in [4.69, 9.17) is 4.74 Å². The fraction of sp³-hybridized carbons (Fsp3) is 0.350. The van der Waals surface area contributed by atoms with E-state index < -0.39 is 0 Å². The van der Waals surface area contributed by atoms with Gasteiger partial charge in [0, 0.05) is 13.1 Å². The molecule has 8 heteroatoms. The minimum atomic E-state index is -0.102. The van der Waals surface area contributed by atoms with Crippen LogP contribution in [-0.4, -0.2) is 28.3 Å². The van der Waals surface area contributed by atoms with Crippen molar-refractivity contribution < 1.29 is 9.53 Å². The minimum absolute atomic E-state index is 0.0206. The smallest absolute Gasteiger partial charge is 0.272 e. The lowest BCUT2D eigenvalue weighted by atomic mass is 10.2. The van der Waals surface area contributed by atoms with Crippen molar-refractivity contribution in [3.05, 3.63) is 51.6 Å². The molecule has 3 aromatic rings. The third-order valence-electron chi connectivity index (χ3n) is 4.22. The summed E-state index contributed by atoms with van der Waals surface area (Å²) in [5.41, 5.74) is 1.64. The van der Waals surface area contributed by atoms with E-state index in [-0.39, 0.29) is 17.2 Å². The number of nitrogens with zero attached hydrogens (tertiary/aromatic N) is 2. The molecule has 0 bridgehead atoms. The molecule has 0 saturated heterocycles. The number of nitrogens with one attached hydrogen (secondary N) is 1. The molecule has 28 heavy (non-hydrogen) atoms. The number of amides is 1. The van der Waals surface area contributed by atoms with Crippen molar-refractivity contribution in [2.75, 3.05) is 12.9 Å². The van der Waals surface area contributed by atoms with Crippen molar-refractivity contribution in [3.63, 3.8) is 0 Å². The summed E-state index contributed by atoms with van der Waals surface area (Å²) in [6.45, 7) is 3.13. The number of hydrogen-bond donors (Lipinski definition) is 1. The van der Waals surface area contributed by atoms with Gasteiger partial charge in [0.05, 0.1) is 18.4 Å². The number of thioether (sulfide) groups is 1. The third-order valence-corrected chi connectivity index (χ3v) is 6.09. The average molecular weight is 418 g/mol. The largest absolute Gasteiger partial charge is 0.497 e. The van der Waals surface area contributed by atoms with Crippen molar-refractivity contribution in [3.8, 4) is 5.75 Å². The Balaban J connectivity index is 1.66. The molecule has 0 saturated carbocycles. The maximum Gasteiger partial charge on any atom is 0.272 e. The lowest BCUT2D eigenvalue weighted by Crippen LogP contribution is -2.26. The average Bonchev–Trinajstić information content (AvgIpc) is 3.19. The van der Waals surface area contributed by atoms with Crippen molar-refractivity contribution in [2.24, 2.45) is 0 Å². The zero-order valence-corrected chi connectivity index (χ0v) is 17.6. The predicted octanol–water partition coefficient (Wildman–Crippen LogP) is 3.68. The Bertz CT molecular complexity index is 1010. The number of hydrogen-bond acceptors (Lipinski definition) is 6. The van der Waals surface area contributed by atoms with Crippen LogP contribution in [0.5, 0.6) is 5.75 Å². The topological polar surface area (TPSA) is 73.2 Å². The Morgan fingerprint density at radius 1 is 1.36 bits per heavy atom. The maximum absolute atomic E-state index is 12.7. The van der Waals surface area contributed by atoms with Gasteiger partial charge >= 0.3 is 0 Å². The molecule has 1 amide bonds. The first-order chi connectivity index (χ1) is 13.6. The van der Waals surface area contributed by atoms with Crippen molar-refractivity contribution >= 4 is 39.2 Å². The van der Waals surface area contributed by atoms with Gasteiger partial charge in [-0.15, -0.1) is 11.3 Å². The standard InChI is InChI=1S/C20H23N3O3S2/c1-3-4-9-23-19(25)18-16(8-10-27-18)22-20(23)28-13-17(24)21-12-14-6-5-7-15(11-14)26-2/h5-8,10-11H,3-4,9,12-13H2,1-2H3,(H,21,24). The summed E-state index contributed by atoms with van der Waals surface area (Å²) >= 11 is 2.71. The number of unbranched alkanes of at least 4 members (excludes halogenated alkanes) is 1. The summed E-state index contributed by atoms with van der Waals surface area (Å²) in [7, 11) is 1.61. The van der Waals surface area contributed by atoms with Crippen LogP contribution in [-0.2, 0) is 17.9 Å². The minimum Gasteiger partial charge on any atom is -0.497 e. The summed E-state index contributed by atoms with van der Waals surface area (Å²) in [5.74, 6) is 0.863. The van der Waals surface area contributed by atoms with Gasteiger partial charge in [0.25, 0.3) is 5.56 Å². The molecule has 0 aliphatic heterocycles. The van der Waals surface area contributed by atoms with Crippen molar-refractivity contribution in [2.45, 2.75) is 38.0 Å². The van der Waals surface area contributed by atoms with Crippen molar-refractivity contribution in [1.82, 2.24) is 14.9 Å². The van der Waals surface area contributed by atoms with Gasteiger partial charge in [-0.2, -0.15) is 0 Å². The van der Waals surface area contributed by atoms with E-state index >= 15 is 0 Å². The Kier molecular flexibility index (Phi) is 7.11. The lowest BCUT2D eigenvalue weighted by Gasteiger charge is -2.11. The highest BCUT2D eigenvalue weighted by Crippen LogP contribution is 2.21. The van der Waals surface area contributed by atoms with Crippen molar-refractivity contribution in [1.29, 1.82) is 0 Å². The molecular formula is C20H23N3O3S2. The fourth-order valence-corrected chi connectivity index (χ4v) is 4.34. The van der Waals surface area contributed by atoms with Gasteiger partial charge in [0.1, 0.15) is 10.4 Å². The molecule has 0 aliphatic carbocycles. The molecule has 0 radical (unpaired) electrons. The van der Waals surface area contributed by atoms with Crippen LogP contribution in [0.15, 0.2) is 45.7 Å². The summed E-state index contributed by atoms with van der Waals surface area (Å²) in [6.07, 6.45) is 1.88. The molecule has 0 spiro atoms. The van der Waals surface area contributed by atoms with Gasteiger partial charge in [-0.3, -0.25) is 14.2 Å². The molecular weight excluding hydrogens is 394 g/mol. The Morgan fingerprint density at radius 3 is 3.00 bits per heavy atom. The van der Waals surface area contributed by atoms with E-state index in [2.05, 4.69) is 17.2 Å². The highest BCUT2D eigenvalue weighted by atomic mass is 32.2. The summed E-state index contributed by atoms with van der Waals surface area (Å²) in [5, 5.41) is 5.37. The lowest BCUT2D eigenvalue weighted by molar-refractivity contribution is -0.118. The van der Waals surface area contributed by atoms with E-state index in [1.54, 1.807) is 11.7 Å². The highest BCUT2D eigenvalue weighted by molar-refractivity contribution is 7.99. The van der Waals surface area contributed by atoms with Crippen LogP contribution in [0.3, 0.4) is 0 Å². The first-order valence-electron chi connectivity index (χ1n) is 9.13. The molecule has 1 aromatic carbocycles. The zero-order valence-electron chi connectivity index (χ0n) is 15.9. The molecule has 3 rings (SSSR count). The van der Waals surface area contributed by atoms with Crippen LogP contribution in [0.2, 0.25) is 0 Å². The number of thiophene rings is 1. The van der Waals surface area contributed by atoms with Gasteiger partial charge in [0.15, 0.2) is 5.16 Å². The molecule has 0 atom stereocenters. The number of benzene rings is 1. The van der Waals surface area contributed by atoms with Crippen LogP contribution in [0.25, 0.3) is 10.2 Å². The second kappa shape index (κ2) is 9.75. The molecule has 0 fully saturated rings. The number of carbonyl (C=O) groups is 1. The molecule has 0 aliphatic rings. The second-order valence-corrected chi connectivity index (χ2v) is 8.12. The van der Waals surface area contributed by atoms with Crippen LogP contribution in [0, 0.1) is 0 Å². The van der Waals surface area contributed by atoms with Gasteiger partial charge < -0.3 is 10.1 Å². The number of rotatable bonds is 9. The van der Waals surface area contributed by atoms with Gasteiger partial charge in [0.2, 0.25) is 5.91 Å². The van der Waals surface area contributed by atoms with E-state index in [1.807, 2.05) is 35.7 Å². The molecule has 0 unspecified atom stereocenters. The van der Waals surface area contributed by atoms with E-state index in [1.165, 1.54) is 23.1 Å². The van der Waals surface area contributed by atoms with Crippen LogP contribution in [0.1, 0.15) is 25.3 Å². The fourth-order valence-electron chi connectivity index (χ4n) is 2.71. The van der Waals surface area contributed by atoms with Crippen LogP contribution < -0.4 is 15.6 Å². The van der Waals surface area contributed by atoms with Gasteiger partial charge in [-0.05, 0) is 35.6 Å². The monoisotopic (exact) mass is 417 g/mol. The second-order valence-electron chi connectivity index (χ2n) is 6.26. The number of ether oxygens (including phenoxy) is 1. The Hall–Kier alpha value is -2.32. The Labute approximate surface area is 171 Å². The molecule has 2 aromatic heterocycles. The molecule has 6 nitrogen and oxygen atoms in total. The quantitative estimate of drug-likeness (QED) is 0.425. The SMILES string of the molecule is CCCCn1c(SCC(=O)NCc2cccc(OC)c2)nc2ccsc2c1=O. The van der Waals surface area contributed by atoms with E-state index in [9.17, 15) is 9.59 Å².